The summed E-state index contributed by atoms with van der Waals surface area (Å²) in [7, 11) is 0. The fraction of sp³-hybridized carbons (Fsp3) is 0.476. The van der Waals surface area contributed by atoms with Crippen molar-refractivity contribution < 1.29 is 14.3 Å². The van der Waals surface area contributed by atoms with Crippen LogP contribution in [0.15, 0.2) is 30.5 Å². The van der Waals surface area contributed by atoms with E-state index in [0.717, 1.165) is 42.9 Å². The van der Waals surface area contributed by atoms with Gasteiger partial charge in [-0.3, -0.25) is 14.3 Å². The first-order valence-corrected chi connectivity index (χ1v) is 9.92. The molecule has 0 bridgehead atoms. The summed E-state index contributed by atoms with van der Waals surface area (Å²) in [6, 6.07) is 8.07. The number of ether oxygens (including phenoxy) is 1. The molecule has 2 saturated heterocycles. The molecule has 5 rings (SSSR count). The van der Waals surface area contributed by atoms with E-state index < -0.39 is 5.41 Å². The van der Waals surface area contributed by atoms with Gasteiger partial charge >= 0.3 is 0 Å². The van der Waals surface area contributed by atoms with Crippen molar-refractivity contribution in [1.29, 1.82) is 0 Å². The molecule has 3 aliphatic rings. The van der Waals surface area contributed by atoms with Gasteiger partial charge in [0.1, 0.15) is 0 Å². The summed E-state index contributed by atoms with van der Waals surface area (Å²) in [5.74, 6) is -0.0918. The van der Waals surface area contributed by atoms with Crippen LogP contribution in [0.4, 0.5) is 5.69 Å². The Morgan fingerprint density at radius 1 is 1.29 bits per heavy atom. The Morgan fingerprint density at radius 3 is 2.89 bits per heavy atom. The number of fused-ring (bicyclic) bond motifs is 2. The average molecular weight is 380 g/mol. The second-order valence-electron chi connectivity index (χ2n) is 8.04. The van der Waals surface area contributed by atoms with Crippen LogP contribution in [-0.2, 0) is 14.9 Å². The first-order valence-electron chi connectivity index (χ1n) is 9.92. The van der Waals surface area contributed by atoms with E-state index >= 15 is 0 Å². The minimum absolute atomic E-state index is 0.00606. The van der Waals surface area contributed by atoms with Crippen LogP contribution in [0.1, 0.15) is 46.9 Å². The van der Waals surface area contributed by atoms with Crippen molar-refractivity contribution in [2.45, 2.75) is 37.6 Å². The van der Waals surface area contributed by atoms with Crippen molar-refractivity contribution in [3.05, 3.63) is 47.3 Å². The van der Waals surface area contributed by atoms with E-state index in [2.05, 4.69) is 10.4 Å². The molecule has 0 radical (unpaired) electrons. The lowest BCUT2D eigenvalue weighted by molar-refractivity contribution is -0.120. The number of carbonyl (C=O) groups is 2. The first-order chi connectivity index (χ1) is 13.6. The van der Waals surface area contributed by atoms with Crippen LogP contribution < -0.4 is 5.32 Å². The lowest BCUT2D eigenvalue weighted by Crippen LogP contribution is -2.39. The molecule has 2 aromatic rings. The topological polar surface area (TPSA) is 76.5 Å². The van der Waals surface area contributed by atoms with Crippen molar-refractivity contribution >= 4 is 17.5 Å². The van der Waals surface area contributed by atoms with Crippen molar-refractivity contribution in [2.75, 3.05) is 31.6 Å². The van der Waals surface area contributed by atoms with Gasteiger partial charge in [-0.15, -0.1) is 0 Å². The van der Waals surface area contributed by atoms with Crippen molar-refractivity contribution in [3.8, 4) is 0 Å². The minimum Gasteiger partial charge on any atom is -0.381 e. The SMILES string of the molecule is Cc1cn(C2CCOCC2)nc1C(=O)N1CCC2(C1)C(=O)Nc1ccccc12. The summed E-state index contributed by atoms with van der Waals surface area (Å²) >= 11 is 0. The Bertz CT molecular complexity index is 947. The summed E-state index contributed by atoms with van der Waals surface area (Å²) in [6.07, 6.45) is 4.44. The van der Waals surface area contributed by atoms with Gasteiger partial charge in [0.2, 0.25) is 5.91 Å². The molecule has 1 atom stereocenters. The molecule has 3 aliphatic heterocycles. The van der Waals surface area contributed by atoms with Crippen LogP contribution in [0.25, 0.3) is 0 Å². The molecule has 4 heterocycles. The first kappa shape index (κ1) is 17.4. The highest BCUT2D eigenvalue weighted by Crippen LogP contribution is 2.44. The molecule has 1 spiro atoms. The Balaban J connectivity index is 1.39. The summed E-state index contributed by atoms with van der Waals surface area (Å²) in [6.45, 7) is 4.36. The standard InChI is InChI=1S/C21H24N4O3/c1-14-12-25(15-6-10-28-11-7-15)23-18(14)19(26)24-9-8-21(13-24)16-4-2-3-5-17(16)22-20(21)27/h2-5,12,15H,6-11,13H2,1H3,(H,22,27). The average Bonchev–Trinajstić information content (AvgIpc) is 3.40. The molecule has 1 unspecified atom stereocenters. The molecule has 7 nitrogen and oxygen atoms in total. The van der Waals surface area contributed by atoms with Crippen LogP contribution in [0, 0.1) is 6.92 Å². The van der Waals surface area contributed by atoms with Crippen LogP contribution in [-0.4, -0.2) is 52.8 Å². The number of benzene rings is 1. The zero-order valence-corrected chi connectivity index (χ0v) is 16.0. The summed E-state index contributed by atoms with van der Waals surface area (Å²) in [4.78, 5) is 27.8. The summed E-state index contributed by atoms with van der Waals surface area (Å²) < 4.78 is 7.35. The molecule has 146 valence electrons. The lowest BCUT2D eigenvalue weighted by Gasteiger charge is -2.23. The van der Waals surface area contributed by atoms with Gasteiger partial charge in [0.15, 0.2) is 5.69 Å². The number of aryl methyl sites for hydroxylation is 1. The normalized spacial score (nSPS) is 24.6. The number of aromatic nitrogens is 2. The Hall–Kier alpha value is -2.67. The fourth-order valence-electron chi connectivity index (χ4n) is 4.74. The van der Waals surface area contributed by atoms with Gasteiger partial charge < -0.3 is 15.0 Å². The summed E-state index contributed by atoms with van der Waals surface area (Å²) in [5.41, 5.74) is 2.61. The Morgan fingerprint density at radius 2 is 2.07 bits per heavy atom. The highest BCUT2D eigenvalue weighted by Gasteiger charge is 2.52. The highest BCUT2D eigenvalue weighted by atomic mass is 16.5. The second kappa shape index (κ2) is 6.44. The van der Waals surface area contributed by atoms with E-state index in [1.165, 1.54) is 0 Å². The molecular weight excluding hydrogens is 356 g/mol. The van der Waals surface area contributed by atoms with E-state index in [-0.39, 0.29) is 17.9 Å². The van der Waals surface area contributed by atoms with E-state index in [9.17, 15) is 9.59 Å². The number of para-hydroxylation sites is 1. The van der Waals surface area contributed by atoms with Crippen LogP contribution >= 0.6 is 0 Å². The zero-order valence-electron chi connectivity index (χ0n) is 16.0. The zero-order chi connectivity index (χ0) is 19.3. The van der Waals surface area contributed by atoms with Gasteiger partial charge in [-0.1, -0.05) is 18.2 Å². The molecule has 1 aromatic heterocycles. The molecule has 1 N–H and O–H groups in total. The highest BCUT2D eigenvalue weighted by molar-refractivity contribution is 6.07. The van der Waals surface area contributed by atoms with Crippen molar-refractivity contribution in [2.24, 2.45) is 0 Å². The van der Waals surface area contributed by atoms with Gasteiger partial charge in [0.05, 0.1) is 11.5 Å². The van der Waals surface area contributed by atoms with Crippen LogP contribution in [0.2, 0.25) is 0 Å². The number of likely N-dealkylation sites (tertiary alicyclic amines) is 1. The maximum absolute atomic E-state index is 13.2. The van der Waals surface area contributed by atoms with Crippen LogP contribution in [0.3, 0.4) is 0 Å². The fourth-order valence-corrected chi connectivity index (χ4v) is 4.74. The largest absolute Gasteiger partial charge is 0.381 e. The van der Waals surface area contributed by atoms with E-state index in [1.54, 1.807) is 4.90 Å². The number of amides is 2. The van der Waals surface area contributed by atoms with Gasteiger partial charge in [-0.25, -0.2) is 0 Å². The van der Waals surface area contributed by atoms with Crippen molar-refractivity contribution in [1.82, 2.24) is 14.7 Å². The molecule has 28 heavy (non-hydrogen) atoms. The summed E-state index contributed by atoms with van der Waals surface area (Å²) in [5, 5.41) is 7.61. The number of nitrogens with one attached hydrogen (secondary N) is 1. The number of carbonyl (C=O) groups excluding carboxylic acids is 2. The van der Waals surface area contributed by atoms with E-state index in [1.807, 2.05) is 42.1 Å². The molecular formula is C21H24N4O3. The lowest BCUT2D eigenvalue weighted by atomic mass is 9.81. The van der Waals surface area contributed by atoms with Gasteiger partial charge in [0, 0.05) is 43.8 Å². The Kier molecular flexibility index (Phi) is 4.01. The predicted molar refractivity (Wildman–Crippen MR) is 103 cm³/mol. The minimum atomic E-state index is -0.635. The molecule has 2 amide bonds. The van der Waals surface area contributed by atoms with Gasteiger partial charge in [-0.05, 0) is 37.8 Å². The molecule has 7 heteroatoms. The van der Waals surface area contributed by atoms with Gasteiger partial charge in [0.25, 0.3) is 5.91 Å². The third-order valence-corrected chi connectivity index (χ3v) is 6.36. The van der Waals surface area contributed by atoms with Gasteiger partial charge in [-0.2, -0.15) is 5.10 Å². The maximum atomic E-state index is 13.2. The third kappa shape index (κ3) is 2.57. The molecule has 0 saturated carbocycles. The van der Waals surface area contributed by atoms with Crippen molar-refractivity contribution in [3.63, 3.8) is 0 Å². The third-order valence-electron chi connectivity index (χ3n) is 6.36. The predicted octanol–water partition coefficient (Wildman–Crippen LogP) is 2.28. The number of anilines is 1. The van der Waals surface area contributed by atoms with Crippen LogP contribution in [0.5, 0.6) is 0 Å². The monoisotopic (exact) mass is 380 g/mol. The Labute approximate surface area is 163 Å². The number of hydrogen-bond acceptors (Lipinski definition) is 4. The van der Waals surface area contributed by atoms with E-state index in [0.29, 0.717) is 25.2 Å². The number of rotatable bonds is 2. The van der Waals surface area contributed by atoms with E-state index in [4.69, 9.17) is 4.74 Å². The second-order valence-corrected chi connectivity index (χ2v) is 8.04. The number of hydrogen-bond donors (Lipinski definition) is 1. The molecule has 1 aromatic carbocycles. The quantitative estimate of drug-likeness (QED) is 0.867. The molecule has 0 aliphatic carbocycles. The molecule has 2 fully saturated rings. The maximum Gasteiger partial charge on any atom is 0.274 e. The smallest absolute Gasteiger partial charge is 0.274 e. The number of nitrogens with zero attached hydrogens (tertiary/aromatic N) is 3.